The molecular weight excluding hydrogens is 241 g/mol. The molecule has 1 heterocycles. The number of aromatic nitrogens is 2. The molecule has 0 atom stereocenters. The van der Waals surface area contributed by atoms with E-state index in [4.69, 9.17) is 11.6 Å². The van der Waals surface area contributed by atoms with E-state index >= 15 is 0 Å². The van der Waals surface area contributed by atoms with Crippen molar-refractivity contribution in [1.29, 1.82) is 0 Å². The first-order valence-electron chi connectivity index (χ1n) is 6.03. The maximum atomic E-state index is 14.0. The van der Waals surface area contributed by atoms with Crippen molar-refractivity contribution >= 4 is 17.4 Å². The van der Waals surface area contributed by atoms with Crippen LogP contribution >= 0.6 is 11.6 Å². The number of halogens is 2. The van der Waals surface area contributed by atoms with Crippen LogP contribution in [0, 0.1) is 12.7 Å². The lowest BCUT2D eigenvalue weighted by Crippen LogP contribution is -2.36. The molecule has 0 bridgehead atoms. The van der Waals surface area contributed by atoms with Gasteiger partial charge in [-0.1, -0.05) is 12.8 Å². The van der Waals surface area contributed by atoms with Gasteiger partial charge in [0.1, 0.15) is 6.33 Å². The minimum atomic E-state index is -0.315. The molecule has 0 amide bonds. The van der Waals surface area contributed by atoms with Gasteiger partial charge in [-0.2, -0.15) is 0 Å². The molecule has 1 saturated carbocycles. The molecule has 2 rings (SSSR count). The average molecular weight is 258 g/mol. The lowest BCUT2D eigenvalue weighted by Gasteiger charge is -2.29. The van der Waals surface area contributed by atoms with Crippen LogP contribution in [0.15, 0.2) is 6.33 Å². The minimum absolute atomic E-state index is 0.315. The van der Waals surface area contributed by atoms with Crippen molar-refractivity contribution in [3.8, 4) is 0 Å². The van der Waals surface area contributed by atoms with Gasteiger partial charge in [-0.15, -0.1) is 11.6 Å². The van der Waals surface area contributed by atoms with Crippen LogP contribution in [0.3, 0.4) is 0 Å². The summed E-state index contributed by atoms with van der Waals surface area (Å²) >= 11 is 5.81. The molecule has 0 radical (unpaired) electrons. The quantitative estimate of drug-likeness (QED) is 0.777. The summed E-state index contributed by atoms with van der Waals surface area (Å²) < 4.78 is 14.0. The van der Waals surface area contributed by atoms with Gasteiger partial charge in [-0.05, 0) is 19.8 Å². The summed E-state index contributed by atoms with van der Waals surface area (Å²) in [5.41, 5.74) is 0.396. The first-order valence-corrected chi connectivity index (χ1v) is 6.57. The summed E-state index contributed by atoms with van der Waals surface area (Å²) in [5.74, 6) is 0.577. The molecule has 0 spiro atoms. The molecule has 0 aromatic carbocycles. The molecule has 1 fully saturated rings. The number of alkyl halides is 1. The topological polar surface area (TPSA) is 29.0 Å². The third-order valence-corrected chi connectivity index (χ3v) is 3.48. The highest BCUT2D eigenvalue weighted by molar-refractivity contribution is 6.18. The first kappa shape index (κ1) is 12.6. The van der Waals surface area contributed by atoms with Crippen LogP contribution in [0.25, 0.3) is 0 Å². The Labute approximate surface area is 106 Å². The van der Waals surface area contributed by atoms with Crippen molar-refractivity contribution in [2.24, 2.45) is 0 Å². The maximum absolute atomic E-state index is 14.0. The van der Waals surface area contributed by atoms with E-state index in [2.05, 4.69) is 9.97 Å². The van der Waals surface area contributed by atoms with E-state index in [0.29, 0.717) is 30.0 Å². The van der Waals surface area contributed by atoms with Crippen LogP contribution in [0.2, 0.25) is 0 Å². The predicted molar refractivity (Wildman–Crippen MR) is 67.0 cm³/mol. The zero-order valence-electron chi connectivity index (χ0n) is 9.99. The summed E-state index contributed by atoms with van der Waals surface area (Å²) in [6.07, 6.45) is 6.02. The Bertz CT molecular complexity index is 380. The van der Waals surface area contributed by atoms with Crippen LogP contribution < -0.4 is 4.90 Å². The van der Waals surface area contributed by atoms with E-state index in [1.54, 1.807) is 6.92 Å². The monoisotopic (exact) mass is 257 g/mol. The van der Waals surface area contributed by atoms with Crippen LogP contribution in [0.5, 0.6) is 0 Å². The molecule has 1 aliphatic rings. The number of anilines is 1. The molecule has 3 nitrogen and oxygen atoms in total. The maximum Gasteiger partial charge on any atom is 0.186 e. The molecule has 1 aromatic heterocycles. The number of hydrogen-bond acceptors (Lipinski definition) is 3. The Morgan fingerprint density at radius 3 is 2.76 bits per heavy atom. The standard InChI is InChI=1S/C12H17ClFN3/c1-9-11(14)12(16-8-15-9)17(7-6-13)10-4-2-3-5-10/h8,10H,2-7H2,1H3. The van der Waals surface area contributed by atoms with Crippen molar-refractivity contribution in [2.45, 2.75) is 38.6 Å². The summed E-state index contributed by atoms with van der Waals surface area (Å²) in [6, 6.07) is 0.373. The van der Waals surface area contributed by atoms with Gasteiger partial charge in [0.2, 0.25) is 0 Å². The van der Waals surface area contributed by atoms with Gasteiger partial charge in [-0.25, -0.2) is 14.4 Å². The molecule has 0 unspecified atom stereocenters. The molecule has 17 heavy (non-hydrogen) atoms. The summed E-state index contributed by atoms with van der Waals surface area (Å²) in [7, 11) is 0. The SMILES string of the molecule is Cc1ncnc(N(CCCl)C2CCCC2)c1F. The van der Waals surface area contributed by atoms with E-state index < -0.39 is 0 Å². The predicted octanol–water partition coefficient (Wildman–Crippen LogP) is 2.91. The van der Waals surface area contributed by atoms with Crippen molar-refractivity contribution < 1.29 is 4.39 Å². The van der Waals surface area contributed by atoms with E-state index in [1.807, 2.05) is 4.90 Å². The van der Waals surface area contributed by atoms with Gasteiger partial charge in [0.25, 0.3) is 0 Å². The fourth-order valence-electron chi connectivity index (χ4n) is 2.41. The average Bonchev–Trinajstić information content (AvgIpc) is 2.84. The van der Waals surface area contributed by atoms with Crippen LogP contribution in [0.1, 0.15) is 31.4 Å². The third-order valence-electron chi connectivity index (χ3n) is 3.31. The number of hydrogen-bond donors (Lipinski definition) is 0. The normalized spacial score (nSPS) is 16.4. The van der Waals surface area contributed by atoms with Gasteiger partial charge < -0.3 is 4.90 Å². The highest BCUT2D eigenvalue weighted by atomic mass is 35.5. The van der Waals surface area contributed by atoms with Crippen LogP contribution in [-0.4, -0.2) is 28.4 Å². The fourth-order valence-corrected chi connectivity index (χ4v) is 2.60. The number of aryl methyl sites for hydroxylation is 1. The lowest BCUT2D eigenvalue weighted by atomic mass is 10.2. The van der Waals surface area contributed by atoms with Gasteiger partial charge in [0, 0.05) is 18.5 Å². The molecule has 5 heteroatoms. The molecule has 0 N–H and O–H groups in total. The van der Waals surface area contributed by atoms with Crippen molar-refractivity contribution in [2.75, 3.05) is 17.3 Å². The third kappa shape index (κ3) is 2.68. The van der Waals surface area contributed by atoms with E-state index in [9.17, 15) is 4.39 Å². The fraction of sp³-hybridized carbons (Fsp3) is 0.667. The van der Waals surface area contributed by atoms with Crippen molar-refractivity contribution in [3.63, 3.8) is 0 Å². The van der Waals surface area contributed by atoms with Gasteiger partial charge in [-0.3, -0.25) is 0 Å². The molecule has 1 aliphatic carbocycles. The molecule has 0 aliphatic heterocycles. The summed E-state index contributed by atoms with van der Waals surface area (Å²) in [5, 5.41) is 0. The number of rotatable bonds is 4. The van der Waals surface area contributed by atoms with Crippen molar-refractivity contribution in [1.82, 2.24) is 9.97 Å². The Hall–Kier alpha value is -0.900. The second kappa shape index (κ2) is 5.63. The molecule has 94 valence electrons. The van der Waals surface area contributed by atoms with Gasteiger partial charge >= 0.3 is 0 Å². The highest BCUT2D eigenvalue weighted by Crippen LogP contribution is 2.28. The Morgan fingerprint density at radius 2 is 2.12 bits per heavy atom. The number of nitrogens with zero attached hydrogens (tertiary/aromatic N) is 3. The van der Waals surface area contributed by atoms with Crippen LogP contribution in [0.4, 0.5) is 10.2 Å². The Morgan fingerprint density at radius 1 is 1.41 bits per heavy atom. The molecule has 1 aromatic rings. The molecular formula is C12H17ClFN3. The zero-order chi connectivity index (χ0) is 12.3. The Kier molecular flexibility index (Phi) is 4.15. The van der Waals surface area contributed by atoms with Crippen molar-refractivity contribution in [3.05, 3.63) is 17.8 Å². The van der Waals surface area contributed by atoms with E-state index in [-0.39, 0.29) is 5.82 Å². The van der Waals surface area contributed by atoms with E-state index in [0.717, 1.165) is 12.8 Å². The smallest absolute Gasteiger partial charge is 0.186 e. The largest absolute Gasteiger partial charge is 0.350 e. The van der Waals surface area contributed by atoms with E-state index in [1.165, 1.54) is 19.2 Å². The second-order valence-corrected chi connectivity index (χ2v) is 4.80. The van der Waals surface area contributed by atoms with Gasteiger partial charge in [0.05, 0.1) is 5.69 Å². The second-order valence-electron chi connectivity index (χ2n) is 4.42. The zero-order valence-corrected chi connectivity index (χ0v) is 10.8. The Balaban J connectivity index is 2.27. The minimum Gasteiger partial charge on any atom is -0.350 e. The molecule has 0 saturated heterocycles. The highest BCUT2D eigenvalue weighted by Gasteiger charge is 2.26. The first-order chi connectivity index (χ1) is 8.24. The lowest BCUT2D eigenvalue weighted by molar-refractivity contribution is 0.558. The van der Waals surface area contributed by atoms with Crippen LogP contribution in [-0.2, 0) is 0 Å². The summed E-state index contributed by atoms with van der Waals surface area (Å²) in [6.45, 7) is 2.30. The van der Waals surface area contributed by atoms with Gasteiger partial charge in [0.15, 0.2) is 11.6 Å². The summed E-state index contributed by atoms with van der Waals surface area (Å²) in [4.78, 5) is 9.95.